The predicted octanol–water partition coefficient (Wildman–Crippen LogP) is 2.42. The number of carbonyl (C=O) groups excluding carboxylic acids is 1. The molecule has 1 aliphatic rings. The Morgan fingerprint density at radius 1 is 1.43 bits per heavy atom. The second kappa shape index (κ2) is 6.15. The highest BCUT2D eigenvalue weighted by molar-refractivity contribution is 7.15. The van der Waals surface area contributed by atoms with Gasteiger partial charge in [0.25, 0.3) is 0 Å². The molecule has 0 saturated carbocycles. The number of halogens is 1. The molecule has 0 atom stereocenters. The van der Waals surface area contributed by atoms with Gasteiger partial charge >= 0.3 is 0 Å². The van der Waals surface area contributed by atoms with Crippen LogP contribution in [0.4, 0.5) is 0 Å². The van der Waals surface area contributed by atoms with Crippen molar-refractivity contribution in [2.24, 2.45) is 5.84 Å². The normalized spacial score (nSPS) is 14.8. The molecule has 2 aromatic rings. The molecule has 0 unspecified atom stereocenters. The zero-order valence-electron chi connectivity index (χ0n) is 11.4. The summed E-state index contributed by atoms with van der Waals surface area (Å²) in [6.07, 6.45) is 0.971. The fourth-order valence-corrected chi connectivity index (χ4v) is 3.91. The van der Waals surface area contributed by atoms with Crippen LogP contribution >= 0.6 is 22.9 Å². The molecule has 0 bridgehead atoms. The lowest BCUT2D eigenvalue weighted by Crippen LogP contribution is -2.42. The van der Waals surface area contributed by atoms with Crippen molar-refractivity contribution in [2.75, 3.05) is 13.1 Å². The van der Waals surface area contributed by atoms with E-state index in [-0.39, 0.29) is 5.91 Å². The highest BCUT2D eigenvalue weighted by atomic mass is 35.5. The van der Waals surface area contributed by atoms with Crippen molar-refractivity contribution < 1.29 is 4.79 Å². The van der Waals surface area contributed by atoms with E-state index in [0.29, 0.717) is 6.54 Å². The van der Waals surface area contributed by atoms with Crippen molar-refractivity contribution in [3.05, 3.63) is 45.8 Å². The molecule has 0 radical (unpaired) electrons. The number of amides is 1. The second-order valence-electron chi connectivity index (χ2n) is 5.10. The highest BCUT2D eigenvalue weighted by Crippen LogP contribution is 2.35. The van der Waals surface area contributed by atoms with E-state index in [1.165, 1.54) is 15.3 Å². The number of hydrogen-bond donors (Lipinski definition) is 2. The van der Waals surface area contributed by atoms with E-state index in [4.69, 9.17) is 17.4 Å². The maximum Gasteiger partial charge on any atom is 0.248 e. The van der Waals surface area contributed by atoms with Gasteiger partial charge in [0.05, 0.1) is 6.54 Å². The van der Waals surface area contributed by atoms with E-state index >= 15 is 0 Å². The van der Waals surface area contributed by atoms with E-state index in [2.05, 4.69) is 22.5 Å². The predicted molar refractivity (Wildman–Crippen MR) is 86.1 cm³/mol. The number of thiophene rings is 1. The summed E-state index contributed by atoms with van der Waals surface area (Å²) in [5, 5.41) is 0.750. The topological polar surface area (TPSA) is 58.4 Å². The van der Waals surface area contributed by atoms with Crippen LogP contribution in [-0.4, -0.2) is 23.9 Å². The van der Waals surface area contributed by atoms with Gasteiger partial charge in [-0.1, -0.05) is 23.7 Å². The third-order valence-corrected chi connectivity index (χ3v) is 5.10. The molecule has 0 fully saturated rings. The summed E-state index contributed by atoms with van der Waals surface area (Å²) in [5.74, 6) is 4.99. The van der Waals surface area contributed by atoms with Gasteiger partial charge in [0.15, 0.2) is 0 Å². The second-order valence-corrected chi connectivity index (χ2v) is 6.67. The number of nitrogens with two attached hydrogens (primary N) is 1. The van der Waals surface area contributed by atoms with Crippen molar-refractivity contribution in [1.29, 1.82) is 0 Å². The summed E-state index contributed by atoms with van der Waals surface area (Å²) in [6, 6.07) is 10.1. The molecule has 1 aromatic carbocycles. The largest absolute Gasteiger partial charge is 0.293 e. The van der Waals surface area contributed by atoms with E-state index in [1.54, 1.807) is 0 Å². The molecule has 21 heavy (non-hydrogen) atoms. The number of hydrogen-bond acceptors (Lipinski definition) is 4. The van der Waals surface area contributed by atoms with Crippen molar-refractivity contribution in [2.45, 2.75) is 13.0 Å². The Morgan fingerprint density at radius 2 is 2.29 bits per heavy atom. The van der Waals surface area contributed by atoms with Gasteiger partial charge in [0.1, 0.15) is 0 Å². The third kappa shape index (κ3) is 3.27. The SMILES string of the molecule is NNC(=O)CN1CCc2sc(-c3cccc(Cl)c3)cc2C1. The van der Waals surface area contributed by atoms with Crippen LogP contribution in [0, 0.1) is 0 Å². The van der Waals surface area contributed by atoms with Gasteiger partial charge in [-0.15, -0.1) is 11.3 Å². The molecule has 6 heteroatoms. The Hall–Kier alpha value is -1.40. The fourth-order valence-electron chi connectivity index (χ4n) is 2.56. The first-order valence-electron chi connectivity index (χ1n) is 6.75. The standard InChI is InChI=1S/C15H16ClN3OS/c16-12-3-1-2-10(6-12)14-7-11-8-19(9-15(20)18-17)5-4-13(11)21-14/h1-3,6-7H,4-5,8-9,17H2,(H,18,20). The van der Waals surface area contributed by atoms with Gasteiger partial charge < -0.3 is 0 Å². The molecule has 0 aliphatic carbocycles. The van der Waals surface area contributed by atoms with Crippen LogP contribution in [0.15, 0.2) is 30.3 Å². The van der Waals surface area contributed by atoms with Crippen molar-refractivity contribution in [3.63, 3.8) is 0 Å². The molecule has 1 aliphatic heterocycles. The minimum atomic E-state index is -0.149. The first-order chi connectivity index (χ1) is 10.2. The summed E-state index contributed by atoms with van der Waals surface area (Å²) in [7, 11) is 0. The Balaban J connectivity index is 1.80. The van der Waals surface area contributed by atoms with Gasteiger partial charge in [0.2, 0.25) is 5.91 Å². The zero-order chi connectivity index (χ0) is 14.8. The lowest BCUT2D eigenvalue weighted by atomic mass is 10.1. The van der Waals surface area contributed by atoms with Crippen LogP contribution in [0.5, 0.6) is 0 Å². The van der Waals surface area contributed by atoms with Gasteiger partial charge in [-0.25, -0.2) is 5.84 Å². The van der Waals surface area contributed by atoms with Crippen molar-refractivity contribution >= 4 is 28.8 Å². The van der Waals surface area contributed by atoms with Gasteiger partial charge in [0, 0.05) is 27.9 Å². The number of carbonyl (C=O) groups is 1. The van der Waals surface area contributed by atoms with Crippen LogP contribution in [0.25, 0.3) is 10.4 Å². The number of nitrogens with zero attached hydrogens (tertiary/aromatic N) is 1. The average Bonchev–Trinajstić information content (AvgIpc) is 2.90. The van der Waals surface area contributed by atoms with E-state index in [0.717, 1.165) is 30.1 Å². The fraction of sp³-hybridized carbons (Fsp3) is 0.267. The first-order valence-corrected chi connectivity index (χ1v) is 7.94. The number of rotatable bonds is 3. The Morgan fingerprint density at radius 3 is 3.05 bits per heavy atom. The Bertz CT molecular complexity index is 671. The van der Waals surface area contributed by atoms with Crippen molar-refractivity contribution in [3.8, 4) is 10.4 Å². The van der Waals surface area contributed by atoms with Gasteiger partial charge in [-0.3, -0.25) is 15.1 Å². The van der Waals surface area contributed by atoms with Crippen molar-refractivity contribution in [1.82, 2.24) is 10.3 Å². The number of hydrazine groups is 1. The first kappa shape index (κ1) is 14.5. The van der Waals surface area contributed by atoms with Crippen LogP contribution in [0.3, 0.4) is 0 Å². The molecule has 1 aromatic heterocycles. The summed E-state index contributed by atoms with van der Waals surface area (Å²) in [5.41, 5.74) is 4.62. The third-order valence-electron chi connectivity index (χ3n) is 3.58. The Labute approximate surface area is 132 Å². The molecular formula is C15H16ClN3OS. The molecule has 0 spiro atoms. The molecule has 4 nitrogen and oxygen atoms in total. The highest BCUT2D eigenvalue weighted by Gasteiger charge is 2.21. The average molecular weight is 322 g/mol. The monoisotopic (exact) mass is 321 g/mol. The quantitative estimate of drug-likeness (QED) is 0.518. The zero-order valence-corrected chi connectivity index (χ0v) is 13.0. The number of fused-ring (bicyclic) bond motifs is 1. The van der Waals surface area contributed by atoms with Gasteiger partial charge in [-0.2, -0.15) is 0 Å². The van der Waals surface area contributed by atoms with Gasteiger partial charge in [-0.05, 0) is 35.7 Å². The molecule has 3 N–H and O–H groups in total. The molecule has 1 amide bonds. The molecule has 0 saturated heterocycles. The Kier molecular flexibility index (Phi) is 4.26. The molecule has 3 rings (SSSR count). The smallest absolute Gasteiger partial charge is 0.248 e. The van der Waals surface area contributed by atoms with E-state index in [9.17, 15) is 4.79 Å². The lowest BCUT2D eigenvalue weighted by molar-refractivity contribution is -0.122. The summed E-state index contributed by atoms with van der Waals surface area (Å²) in [4.78, 5) is 16.1. The summed E-state index contributed by atoms with van der Waals surface area (Å²) < 4.78 is 0. The maximum absolute atomic E-state index is 11.4. The van der Waals surface area contributed by atoms with Crippen LogP contribution in [0.1, 0.15) is 10.4 Å². The van der Waals surface area contributed by atoms with Crippen LogP contribution in [0.2, 0.25) is 5.02 Å². The number of nitrogens with one attached hydrogen (secondary N) is 1. The number of benzene rings is 1. The maximum atomic E-state index is 11.4. The van der Waals surface area contributed by atoms with E-state index in [1.807, 2.05) is 29.5 Å². The summed E-state index contributed by atoms with van der Waals surface area (Å²) in [6.45, 7) is 2.02. The molecular weight excluding hydrogens is 306 g/mol. The molecule has 110 valence electrons. The summed E-state index contributed by atoms with van der Waals surface area (Å²) >= 11 is 7.87. The van der Waals surface area contributed by atoms with Crippen LogP contribution in [-0.2, 0) is 17.8 Å². The minimum Gasteiger partial charge on any atom is -0.293 e. The lowest BCUT2D eigenvalue weighted by Gasteiger charge is -2.25. The van der Waals surface area contributed by atoms with Crippen LogP contribution < -0.4 is 11.3 Å². The van der Waals surface area contributed by atoms with E-state index < -0.39 is 0 Å². The molecule has 2 heterocycles. The minimum absolute atomic E-state index is 0.149.